The zero-order valence-corrected chi connectivity index (χ0v) is 14.0. The van der Waals surface area contributed by atoms with E-state index in [1.54, 1.807) is 7.05 Å². The number of hydrogen-bond donors (Lipinski definition) is 0. The third-order valence-electron chi connectivity index (χ3n) is 3.93. The van der Waals surface area contributed by atoms with Gasteiger partial charge in [-0.25, -0.2) is 0 Å². The molecule has 0 saturated heterocycles. The summed E-state index contributed by atoms with van der Waals surface area (Å²) in [4.78, 5) is 23.7. The predicted molar refractivity (Wildman–Crippen MR) is 92.4 cm³/mol. The molecule has 0 fully saturated rings. The van der Waals surface area contributed by atoms with Crippen LogP contribution in [0.4, 0.5) is 11.6 Å². The Bertz CT molecular complexity index is 691. The predicted octanol–water partition coefficient (Wildman–Crippen LogP) is 4.59. The molecular weight excluding hydrogens is 308 g/mol. The van der Waals surface area contributed by atoms with Crippen LogP contribution in [0.2, 0.25) is 0 Å². The van der Waals surface area contributed by atoms with Crippen molar-refractivity contribution < 1.29 is 14.1 Å². The summed E-state index contributed by atoms with van der Waals surface area (Å²) in [7, 11) is 1.62. The van der Waals surface area contributed by atoms with Crippen molar-refractivity contribution in [2.24, 2.45) is 0 Å². The highest BCUT2D eigenvalue weighted by molar-refractivity contribution is 6.03. The molecule has 6 nitrogen and oxygen atoms in total. The number of amides is 1. The van der Waals surface area contributed by atoms with Crippen LogP contribution in [-0.4, -0.2) is 17.9 Å². The van der Waals surface area contributed by atoms with Crippen LogP contribution in [0.25, 0.3) is 0 Å². The van der Waals surface area contributed by atoms with E-state index in [9.17, 15) is 14.9 Å². The molecule has 0 saturated carbocycles. The van der Waals surface area contributed by atoms with Crippen LogP contribution in [0.5, 0.6) is 0 Å². The molecule has 6 heteroatoms. The van der Waals surface area contributed by atoms with Crippen LogP contribution in [0.3, 0.4) is 0 Å². The Balaban J connectivity index is 1.99. The number of aryl methyl sites for hydroxylation is 1. The summed E-state index contributed by atoms with van der Waals surface area (Å²) >= 11 is 0. The smallest absolute Gasteiger partial charge is 0.395 e. The standard InChI is InChI=1S/C18H22N2O4/c1-3-4-5-6-7-14-8-10-15(11-9-14)19(2)18(21)16-12-13-17(24-16)20(22)23/h8-13H,3-7H2,1-2H3. The zero-order chi connectivity index (χ0) is 17.5. The molecule has 24 heavy (non-hydrogen) atoms. The van der Waals surface area contributed by atoms with Crippen LogP contribution >= 0.6 is 0 Å². The first-order chi connectivity index (χ1) is 11.5. The van der Waals surface area contributed by atoms with E-state index in [1.807, 2.05) is 24.3 Å². The number of carbonyl (C=O) groups excluding carboxylic acids is 1. The van der Waals surface area contributed by atoms with Gasteiger partial charge in [0, 0.05) is 12.7 Å². The van der Waals surface area contributed by atoms with Crippen LogP contribution in [0.15, 0.2) is 40.8 Å². The second-order valence-corrected chi connectivity index (χ2v) is 5.74. The number of hydrogen-bond acceptors (Lipinski definition) is 4. The Morgan fingerprint density at radius 3 is 2.42 bits per heavy atom. The van der Waals surface area contributed by atoms with Gasteiger partial charge in [0.05, 0.1) is 6.07 Å². The molecule has 0 spiro atoms. The maximum Gasteiger partial charge on any atom is 0.433 e. The summed E-state index contributed by atoms with van der Waals surface area (Å²) in [6.45, 7) is 2.19. The fourth-order valence-electron chi connectivity index (χ4n) is 2.47. The minimum absolute atomic E-state index is 0.0483. The van der Waals surface area contributed by atoms with E-state index in [1.165, 1.54) is 41.9 Å². The highest BCUT2D eigenvalue weighted by Gasteiger charge is 2.21. The van der Waals surface area contributed by atoms with Gasteiger partial charge in [-0.15, -0.1) is 0 Å². The number of furan rings is 1. The lowest BCUT2D eigenvalue weighted by Crippen LogP contribution is -2.25. The van der Waals surface area contributed by atoms with Crippen molar-refractivity contribution in [3.8, 4) is 0 Å². The third kappa shape index (κ3) is 4.44. The molecular formula is C18H22N2O4. The summed E-state index contributed by atoms with van der Waals surface area (Å²) in [5.41, 5.74) is 1.96. The average Bonchev–Trinajstić information content (AvgIpc) is 3.08. The fourth-order valence-corrected chi connectivity index (χ4v) is 2.47. The monoisotopic (exact) mass is 330 g/mol. The molecule has 0 N–H and O–H groups in total. The first-order valence-electron chi connectivity index (χ1n) is 8.14. The van der Waals surface area contributed by atoms with Crippen molar-refractivity contribution >= 4 is 17.5 Å². The van der Waals surface area contributed by atoms with Gasteiger partial charge in [-0.3, -0.25) is 14.9 Å². The van der Waals surface area contributed by atoms with Gasteiger partial charge in [-0.05, 0) is 36.6 Å². The fraction of sp³-hybridized carbons (Fsp3) is 0.389. The minimum Gasteiger partial charge on any atom is -0.395 e. The molecule has 0 bridgehead atoms. The summed E-state index contributed by atoms with van der Waals surface area (Å²) < 4.78 is 4.96. The number of unbranched alkanes of at least 4 members (excludes halogenated alkanes) is 3. The van der Waals surface area contributed by atoms with Gasteiger partial charge in [0.1, 0.15) is 4.92 Å². The zero-order valence-electron chi connectivity index (χ0n) is 14.0. The van der Waals surface area contributed by atoms with Gasteiger partial charge in [-0.2, -0.15) is 0 Å². The quantitative estimate of drug-likeness (QED) is 0.403. The molecule has 0 atom stereocenters. The SMILES string of the molecule is CCCCCCc1ccc(N(C)C(=O)c2ccc([N+](=O)[O-])o2)cc1. The van der Waals surface area contributed by atoms with Crippen molar-refractivity contribution in [3.05, 3.63) is 57.8 Å². The van der Waals surface area contributed by atoms with Crippen molar-refractivity contribution in [1.82, 2.24) is 0 Å². The highest BCUT2D eigenvalue weighted by Crippen LogP contribution is 2.21. The van der Waals surface area contributed by atoms with Gasteiger partial charge in [0.2, 0.25) is 0 Å². The van der Waals surface area contributed by atoms with Crippen molar-refractivity contribution in [2.45, 2.75) is 39.0 Å². The number of rotatable bonds is 8. The molecule has 0 aliphatic carbocycles. The van der Waals surface area contributed by atoms with Crippen LogP contribution < -0.4 is 4.90 Å². The van der Waals surface area contributed by atoms with Gasteiger partial charge in [-0.1, -0.05) is 38.3 Å². The number of benzene rings is 1. The van der Waals surface area contributed by atoms with Crippen molar-refractivity contribution in [3.63, 3.8) is 0 Å². The van der Waals surface area contributed by atoms with E-state index < -0.39 is 16.7 Å². The summed E-state index contributed by atoms with van der Waals surface area (Å²) in [5.74, 6) is -0.902. The molecule has 0 radical (unpaired) electrons. The topological polar surface area (TPSA) is 76.6 Å². The molecule has 1 aromatic carbocycles. The molecule has 0 aliphatic rings. The normalized spacial score (nSPS) is 10.6. The van der Waals surface area contributed by atoms with E-state index in [0.29, 0.717) is 0 Å². The van der Waals surface area contributed by atoms with E-state index in [2.05, 4.69) is 6.92 Å². The number of nitro groups is 1. The second-order valence-electron chi connectivity index (χ2n) is 5.74. The first-order valence-corrected chi connectivity index (χ1v) is 8.14. The van der Waals surface area contributed by atoms with Crippen molar-refractivity contribution in [1.29, 1.82) is 0 Å². The molecule has 1 heterocycles. The van der Waals surface area contributed by atoms with E-state index in [-0.39, 0.29) is 5.76 Å². The van der Waals surface area contributed by atoms with Crippen LogP contribution in [0.1, 0.15) is 48.7 Å². The lowest BCUT2D eigenvalue weighted by Gasteiger charge is -2.16. The van der Waals surface area contributed by atoms with Crippen molar-refractivity contribution in [2.75, 3.05) is 11.9 Å². The number of nitrogens with zero attached hydrogens (tertiary/aromatic N) is 2. The van der Waals surface area contributed by atoms with Gasteiger partial charge >= 0.3 is 5.88 Å². The Labute approximate surface area is 141 Å². The summed E-state index contributed by atoms with van der Waals surface area (Å²) in [6, 6.07) is 10.3. The molecule has 1 amide bonds. The van der Waals surface area contributed by atoms with Gasteiger partial charge in [0.15, 0.2) is 5.76 Å². The first kappa shape index (κ1) is 17.7. The van der Waals surface area contributed by atoms with Gasteiger partial charge in [0.25, 0.3) is 5.91 Å². The van der Waals surface area contributed by atoms with E-state index in [4.69, 9.17) is 4.42 Å². The van der Waals surface area contributed by atoms with E-state index in [0.717, 1.165) is 18.5 Å². The lowest BCUT2D eigenvalue weighted by atomic mass is 10.1. The second kappa shape index (κ2) is 8.29. The molecule has 0 unspecified atom stereocenters. The Morgan fingerprint density at radius 1 is 1.12 bits per heavy atom. The number of carbonyl (C=O) groups is 1. The summed E-state index contributed by atoms with van der Waals surface area (Å²) in [6.07, 6.45) is 5.90. The average molecular weight is 330 g/mol. The Morgan fingerprint density at radius 2 is 1.83 bits per heavy atom. The van der Waals surface area contributed by atoms with E-state index >= 15 is 0 Å². The minimum atomic E-state index is -0.663. The van der Waals surface area contributed by atoms with Crippen LogP contribution in [0, 0.1) is 10.1 Å². The molecule has 1 aromatic heterocycles. The molecule has 0 aliphatic heterocycles. The maximum atomic E-state index is 12.3. The number of anilines is 1. The maximum absolute atomic E-state index is 12.3. The third-order valence-corrected chi connectivity index (χ3v) is 3.93. The Hall–Kier alpha value is -2.63. The Kier molecular flexibility index (Phi) is 6.12. The molecule has 128 valence electrons. The largest absolute Gasteiger partial charge is 0.433 e. The highest BCUT2D eigenvalue weighted by atomic mass is 16.6. The lowest BCUT2D eigenvalue weighted by molar-refractivity contribution is -0.402. The van der Waals surface area contributed by atoms with Crippen LogP contribution in [-0.2, 0) is 6.42 Å². The van der Waals surface area contributed by atoms with Gasteiger partial charge < -0.3 is 9.32 Å². The molecule has 2 rings (SSSR count). The molecule has 2 aromatic rings. The summed E-state index contributed by atoms with van der Waals surface area (Å²) in [5, 5.41) is 10.6.